The van der Waals surface area contributed by atoms with Crippen molar-refractivity contribution in [3.05, 3.63) is 62.5 Å². The Kier molecular flexibility index (Phi) is 9.42. The van der Waals surface area contributed by atoms with Gasteiger partial charge in [0.15, 0.2) is 10.8 Å². The van der Waals surface area contributed by atoms with E-state index >= 15 is 0 Å². The number of rotatable bonds is 10. The number of piperidine rings is 1. The average Bonchev–Trinajstić information content (AvgIpc) is 3.38. The van der Waals surface area contributed by atoms with Gasteiger partial charge < -0.3 is 19.9 Å². The number of benzene rings is 1. The quantitative estimate of drug-likeness (QED) is 0.418. The van der Waals surface area contributed by atoms with Gasteiger partial charge in [-0.2, -0.15) is 0 Å². The number of thiazole rings is 1. The van der Waals surface area contributed by atoms with E-state index in [0.29, 0.717) is 28.6 Å². The molecule has 204 valence electrons. The molecule has 0 spiro atoms. The van der Waals surface area contributed by atoms with Crippen LogP contribution in [0.5, 0.6) is 0 Å². The van der Waals surface area contributed by atoms with Gasteiger partial charge in [-0.3, -0.25) is 9.89 Å². The number of halogens is 3. The standard InChI is InChI=1S/C25H27ClF2N4O5S/c1-2-37-25(35)21-19(11-32-9-14(7-16(28)10-32)12-36-13-20(33)34)30-23(24-29-5-6-38-24)31-22(21)17-4-3-15(27)8-18(17)26/h3-6,8,14,16,22H,2,7,9-13H2,1H3,(H,30,31)(H,33,34)/t14?,16?,22-/m0/s1. The molecule has 0 saturated carbocycles. The molecular weight excluding hydrogens is 542 g/mol. The van der Waals surface area contributed by atoms with Crippen molar-refractivity contribution in [3.63, 3.8) is 0 Å². The minimum atomic E-state index is -1.16. The smallest absolute Gasteiger partial charge is 0.338 e. The number of aliphatic imine (C=N–C) groups is 1. The van der Waals surface area contributed by atoms with Crippen molar-refractivity contribution >= 4 is 40.7 Å². The third kappa shape index (κ3) is 6.93. The van der Waals surface area contributed by atoms with E-state index in [1.54, 1.807) is 18.5 Å². The van der Waals surface area contributed by atoms with Crippen molar-refractivity contribution < 1.29 is 33.0 Å². The average molecular weight is 569 g/mol. The summed E-state index contributed by atoms with van der Waals surface area (Å²) in [7, 11) is 0. The molecule has 38 heavy (non-hydrogen) atoms. The summed E-state index contributed by atoms with van der Waals surface area (Å²) in [5.74, 6) is -2.09. The van der Waals surface area contributed by atoms with Gasteiger partial charge in [-0.25, -0.2) is 23.4 Å². The van der Waals surface area contributed by atoms with Crippen LogP contribution in [0.15, 0.2) is 46.0 Å². The molecule has 2 aromatic rings. The number of nitrogens with zero attached hydrogens (tertiary/aromatic N) is 3. The molecule has 1 fully saturated rings. The second-order valence-electron chi connectivity index (χ2n) is 8.92. The molecule has 2 aliphatic heterocycles. The molecule has 2 N–H and O–H groups in total. The number of hydrogen-bond donors (Lipinski definition) is 2. The van der Waals surface area contributed by atoms with E-state index in [2.05, 4.69) is 10.3 Å². The monoisotopic (exact) mass is 568 g/mol. The van der Waals surface area contributed by atoms with Crippen molar-refractivity contribution in [2.75, 3.05) is 39.5 Å². The van der Waals surface area contributed by atoms with E-state index in [4.69, 9.17) is 31.2 Å². The highest BCUT2D eigenvalue weighted by molar-refractivity contribution is 7.11. The Hall–Kier alpha value is -2.93. The SMILES string of the molecule is CCOC(=O)C1=C(CN2CC(F)CC(COCC(=O)O)C2)NC(c2nccs2)=N[C@H]1c1ccc(F)cc1Cl. The molecule has 4 rings (SSSR count). The van der Waals surface area contributed by atoms with E-state index in [-0.39, 0.29) is 49.2 Å². The van der Waals surface area contributed by atoms with E-state index < -0.39 is 36.6 Å². The van der Waals surface area contributed by atoms with Crippen LogP contribution in [0, 0.1) is 11.7 Å². The van der Waals surface area contributed by atoms with Crippen LogP contribution in [0.25, 0.3) is 0 Å². The summed E-state index contributed by atoms with van der Waals surface area (Å²) in [6.45, 7) is 2.11. The highest BCUT2D eigenvalue weighted by Gasteiger charge is 2.36. The maximum absolute atomic E-state index is 14.7. The number of carbonyl (C=O) groups excluding carboxylic acids is 1. The lowest BCUT2D eigenvalue weighted by molar-refractivity contribution is -0.143. The van der Waals surface area contributed by atoms with Crippen molar-refractivity contribution in [2.24, 2.45) is 10.9 Å². The molecule has 2 unspecified atom stereocenters. The molecule has 2 aliphatic rings. The van der Waals surface area contributed by atoms with Crippen LogP contribution in [0.2, 0.25) is 5.02 Å². The van der Waals surface area contributed by atoms with Gasteiger partial charge in [0, 0.05) is 47.5 Å². The van der Waals surface area contributed by atoms with Crippen LogP contribution in [0.3, 0.4) is 0 Å². The molecule has 0 bridgehead atoms. The minimum absolute atomic E-state index is 0.0951. The van der Waals surface area contributed by atoms with Gasteiger partial charge >= 0.3 is 11.9 Å². The van der Waals surface area contributed by atoms with Gasteiger partial charge in [0.1, 0.15) is 24.6 Å². The fraction of sp³-hybridized carbons (Fsp3) is 0.440. The summed E-state index contributed by atoms with van der Waals surface area (Å²) in [6, 6.07) is 2.95. The number of aliphatic carboxylic acids is 1. The number of likely N-dealkylation sites (tertiary alicyclic amines) is 1. The van der Waals surface area contributed by atoms with E-state index in [9.17, 15) is 18.4 Å². The second-order valence-corrected chi connectivity index (χ2v) is 10.2. The topological polar surface area (TPSA) is 113 Å². The highest BCUT2D eigenvalue weighted by Crippen LogP contribution is 2.37. The van der Waals surface area contributed by atoms with Gasteiger partial charge in [0.25, 0.3) is 0 Å². The Morgan fingerprint density at radius 2 is 2.16 bits per heavy atom. The molecular formula is C25H27ClF2N4O5S. The normalized spacial score (nSPS) is 22.1. The molecule has 13 heteroatoms. The van der Waals surface area contributed by atoms with Crippen molar-refractivity contribution in [2.45, 2.75) is 25.6 Å². The van der Waals surface area contributed by atoms with Crippen molar-refractivity contribution in [1.29, 1.82) is 0 Å². The molecule has 0 radical (unpaired) electrons. The van der Waals surface area contributed by atoms with Crippen LogP contribution in [-0.4, -0.2) is 78.4 Å². The number of nitrogens with one attached hydrogen (secondary N) is 1. The largest absolute Gasteiger partial charge is 0.480 e. The first-order chi connectivity index (χ1) is 18.2. The van der Waals surface area contributed by atoms with Gasteiger partial charge in [0.2, 0.25) is 0 Å². The summed E-state index contributed by atoms with van der Waals surface area (Å²) in [4.78, 5) is 34.9. The summed E-state index contributed by atoms with van der Waals surface area (Å²) >= 11 is 7.74. The number of ether oxygens (including phenoxy) is 2. The number of amidine groups is 1. The molecule has 1 aromatic heterocycles. The van der Waals surface area contributed by atoms with Crippen molar-refractivity contribution in [1.82, 2.24) is 15.2 Å². The molecule has 3 atom stereocenters. The summed E-state index contributed by atoms with van der Waals surface area (Å²) in [6.07, 6.45) is 0.702. The van der Waals surface area contributed by atoms with E-state index in [1.807, 2.05) is 4.90 Å². The zero-order valence-corrected chi connectivity index (χ0v) is 22.1. The predicted octanol–water partition coefficient (Wildman–Crippen LogP) is 3.61. The zero-order valence-electron chi connectivity index (χ0n) is 20.5. The zero-order chi connectivity index (χ0) is 27.2. The molecule has 3 heterocycles. The van der Waals surface area contributed by atoms with Gasteiger partial charge in [-0.1, -0.05) is 17.7 Å². The lowest BCUT2D eigenvalue weighted by Crippen LogP contribution is -2.47. The van der Waals surface area contributed by atoms with Gasteiger partial charge in [-0.05, 0) is 31.4 Å². The molecule has 0 amide bonds. The maximum atomic E-state index is 14.7. The fourth-order valence-corrected chi connectivity index (χ4v) is 5.44. The Balaban J connectivity index is 1.70. The van der Waals surface area contributed by atoms with Gasteiger partial charge in [0.05, 0.1) is 18.8 Å². The molecule has 0 aliphatic carbocycles. The lowest BCUT2D eigenvalue weighted by atomic mass is 9.93. The van der Waals surface area contributed by atoms with E-state index in [1.165, 1.54) is 23.5 Å². The first kappa shape index (κ1) is 28.1. The number of hydrogen-bond acceptors (Lipinski definition) is 9. The highest BCUT2D eigenvalue weighted by atomic mass is 35.5. The predicted molar refractivity (Wildman–Crippen MR) is 137 cm³/mol. The Labute approximate surface area is 227 Å². The summed E-state index contributed by atoms with van der Waals surface area (Å²) in [5.41, 5.74) is 1.03. The van der Waals surface area contributed by atoms with Crippen LogP contribution < -0.4 is 5.32 Å². The van der Waals surface area contributed by atoms with Crippen molar-refractivity contribution in [3.8, 4) is 0 Å². The summed E-state index contributed by atoms with van der Waals surface area (Å²) in [5, 5.41) is 14.5. The van der Waals surface area contributed by atoms with Crippen LogP contribution in [-0.2, 0) is 19.1 Å². The number of aromatic nitrogens is 1. The Morgan fingerprint density at radius 1 is 1.34 bits per heavy atom. The number of carboxylic acid groups (broad SMARTS) is 1. The third-order valence-corrected chi connectivity index (χ3v) is 7.14. The fourth-order valence-electron chi connectivity index (χ4n) is 4.58. The van der Waals surface area contributed by atoms with Crippen LogP contribution >= 0.6 is 22.9 Å². The number of esters is 1. The van der Waals surface area contributed by atoms with E-state index in [0.717, 1.165) is 6.07 Å². The number of carboxylic acids is 1. The molecule has 1 aromatic carbocycles. The maximum Gasteiger partial charge on any atom is 0.338 e. The Morgan fingerprint density at radius 3 is 2.84 bits per heavy atom. The Bertz CT molecular complexity index is 1230. The second kappa shape index (κ2) is 12.7. The summed E-state index contributed by atoms with van der Waals surface area (Å²) < 4.78 is 39.1. The molecule has 9 nitrogen and oxygen atoms in total. The first-order valence-corrected chi connectivity index (χ1v) is 13.3. The van der Waals surface area contributed by atoms with Crippen LogP contribution in [0.4, 0.5) is 8.78 Å². The minimum Gasteiger partial charge on any atom is -0.480 e. The number of alkyl halides is 1. The third-order valence-electron chi connectivity index (χ3n) is 6.04. The molecule has 1 saturated heterocycles. The first-order valence-electron chi connectivity index (χ1n) is 12.0. The lowest BCUT2D eigenvalue weighted by Gasteiger charge is -2.36. The van der Waals surface area contributed by atoms with Gasteiger partial charge in [-0.15, -0.1) is 11.3 Å². The number of carbonyl (C=O) groups is 2. The van der Waals surface area contributed by atoms with Crippen LogP contribution in [0.1, 0.15) is 30.0 Å².